The van der Waals surface area contributed by atoms with E-state index in [-0.39, 0.29) is 0 Å². The van der Waals surface area contributed by atoms with E-state index in [4.69, 9.17) is 15.5 Å². The third-order valence-electron chi connectivity index (χ3n) is 1.85. The highest BCUT2D eigenvalue weighted by Crippen LogP contribution is 2.44. The lowest BCUT2D eigenvalue weighted by atomic mass is 10.1. The van der Waals surface area contributed by atoms with Crippen LogP contribution >= 0.6 is 7.60 Å². The number of rotatable bonds is 3. The minimum atomic E-state index is -4.55. The van der Waals surface area contributed by atoms with Crippen molar-refractivity contribution in [2.45, 2.75) is 11.9 Å². The van der Waals surface area contributed by atoms with Gasteiger partial charge in [0.1, 0.15) is 0 Å². The van der Waals surface area contributed by atoms with E-state index in [0.717, 1.165) is 0 Å². The summed E-state index contributed by atoms with van der Waals surface area (Å²) in [6.45, 7) is 0. The van der Waals surface area contributed by atoms with Gasteiger partial charge >= 0.3 is 7.60 Å². The van der Waals surface area contributed by atoms with Gasteiger partial charge in [0.2, 0.25) is 0 Å². The Kier molecular flexibility index (Phi) is 3.42. The average molecular weight is 217 g/mol. The maximum atomic E-state index is 10.7. The standard InChI is InChI=1S/C8H12NO4P/c9-7(8(10)14(11,12)13)6-4-2-1-3-5-6/h1-5,7-8,10H,9H2,(H2,11,12,13)/t7-,8-/m1/s1. The van der Waals surface area contributed by atoms with E-state index < -0.39 is 19.5 Å². The summed E-state index contributed by atoms with van der Waals surface area (Å²) in [5.74, 6) is -1.86. The van der Waals surface area contributed by atoms with Crippen molar-refractivity contribution in [3.8, 4) is 0 Å². The smallest absolute Gasteiger partial charge is 0.355 e. The van der Waals surface area contributed by atoms with Gasteiger partial charge < -0.3 is 20.6 Å². The molecule has 0 unspecified atom stereocenters. The van der Waals surface area contributed by atoms with E-state index in [0.29, 0.717) is 5.56 Å². The summed E-state index contributed by atoms with van der Waals surface area (Å²) in [7, 11) is -4.55. The largest absolute Gasteiger partial charge is 0.379 e. The number of aliphatic hydroxyl groups excluding tert-OH is 1. The highest BCUT2D eigenvalue weighted by Gasteiger charge is 2.32. The van der Waals surface area contributed by atoms with Gasteiger partial charge in [0, 0.05) is 0 Å². The lowest BCUT2D eigenvalue weighted by Crippen LogP contribution is -2.25. The molecule has 0 radical (unpaired) electrons. The summed E-state index contributed by atoms with van der Waals surface area (Å²) < 4.78 is 10.7. The normalized spacial score (nSPS) is 16.3. The van der Waals surface area contributed by atoms with E-state index in [1.807, 2.05) is 0 Å². The number of benzene rings is 1. The highest BCUT2D eigenvalue weighted by molar-refractivity contribution is 7.52. The Bertz CT molecular complexity index is 336. The van der Waals surface area contributed by atoms with E-state index in [1.165, 1.54) is 0 Å². The summed E-state index contributed by atoms with van der Waals surface area (Å²) >= 11 is 0. The third kappa shape index (κ3) is 2.64. The van der Waals surface area contributed by atoms with Crippen molar-refractivity contribution < 1.29 is 19.5 Å². The Morgan fingerprint density at radius 3 is 2.14 bits per heavy atom. The van der Waals surface area contributed by atoms with Crippen molar-refractivity contribution in [2.24, 2.45) is 5.73 Å². The zero-order valence-electron chi connectivity index (χ0n) is 7.32. The zero-order valence-corrected chi connectivity index (χ0v) is 8.21. The fourth-order valence-electron chi connectivity index (χ4n) is 1.06. The van der Waals surface area contributed by atoms with Gasteiger partial charge in [-0.3, -0.25) is 4.57 Å². The molecule has 1 aromatic carbocycles. The minimum absolute atomic E-state index is 0.489. The molecule has 0 heterocycles. The van der Waals surface area contributed by atoms with Crippen LogP contribution in [0.25, 0.3) is 0 Å². The lowest BCUT2D eigenvalue weighted by molar-refractivity contribution is 0.177. The molecule has 1 aromatic rings. The fraction of sp³-hybridized carbons (Fsp3) is 0.250. The van der Waals surface area contributed by atoms with Crippen molar-refractivity contribution in [1.29, 1.82) is 0 Å². The Balaban J connectivity index is 2.87. The molecule has 1 rings (SSSR count). The third-order valence-corrected chi connectivity index (χ3v) is 2.86. The van der Waals surface area contributed by atoms with E-state index >= 15 is 0 Å². The molecule has 0 aliphatic carbocycles. The summed E-state index contributed by atoms with van der Waals surface area (Å²) in [5, 5.41) is 9.22. The van der Waals surface area contributed by atoms with Gasteiger partial charge in [0.25, 0.3) is 0 Å². The van der Waals surface area contributed by atoms with Crippen molar-refractivity contribution >= 4 is 7.60 Å². The van der Waals surface area contributed by atoms with Gasteiger partial charge in [-0.1, -0.05) is 30.3 Å². The van der Waals surface area contributed by atoms with Crippen molar-refractivity contribution in [3.05, 3.63) is 35.9 Å². The molecule has 0 aliphatic rings. The molecule has 0 saturated carbocycles. The molecule has 14 heavy (non-hydrogen) atoms. The Morgan fingerprint density at radius 2 is 1.71 bits per heavy atom. The number of hydrogen-bond acceptors (Lipinski definition) is 3. The zero-order chi connectivity index (χ0) is 10.8. The molecule has 0 amide bonds. The predicted octanol–water partition coefficient (Wildman–Crippen LogP) is 0.182. The van der Waals surface area contributed by atoms with E-state index in [2.05, 4.69) is 0 Å². The first-order valence-corrected chi connectivity index (χ1v) is 5.65. The maximum Gasteiger partial charge on any atom is 0.355 e. The number of hydrogen-bond donors (Lipinski definition) is 4. The second kappa shape index (κ2) is 4.21. The van der Waals surface area contributed by atoms with Gasteiger partial charge in [0.15, 0.2) is 5.85 Å². The molecule has 6 heteroatoms. The second-order valence-electron chi connectivity index (χ2n) is 2.94. The van der Waals surface area contributed by atoms with Gasteiger partial charge in [-0.05, 0) is 5.56 Å². The molecule has 0 aliphatic heterocycles. The van der Waals surface area contributed by atoms with E-state index in [1.54, 1.807) is 30.3 Å². The lowest BCUT2D eigenvalue weighted by Gasteiger charge is -2.19. The van der Waals surface area contributed by atoms with Crippen LogP contribution in [0.15, 0.2) is 30.3 Å². The molecular weight excluding hydrogens is 205 g/mol. The molecule has 5 nitrogen and oxygen atoms in total. The molecule has 5 N–H and O–H groups in total. The van der Waals surface area contributed by atoms with Crippen LogP contribution in [0.3, 0.4) is 0 Å². The summed E-state index contributed by atoms with van der Waals surface area (Å²) in [6.07, 6.45) is 0. The van der Waals surface area contributed by atoms with Crippen LogP contribution in [-0.2, 0) is 4.57 Å². The van der Waals surface area contributed by atoms with Crippen LogP contribution in [0.2, 0.25) is 0 Å². The van der Waals surface area contributed by atoms with Crippen molar-refractivity contribution in [3.63, 3.8) is 0 Å². The van der Waals surface area contributed by atoms with Crippen LogP contribution in [0.1, 0.15) is 11.6 Å². The molecule has 0 aromatic heterocycles. The highest BCUT2D eigenvalue weighted by atomic mass is 31.2. The Labute approximate surface area is 81.3 Å². The minimum Gasteiger partial charge on any atom is -0.379 e. The SMILES string of the molecule is N[C@H](c1ccccc1)[C@H](O)P(=O)(O)O. The van der Waals surface area contributed by atoms with Gasteiger partial charge in [-0.25, -0.2) is 0 Å². The quantitative estimate of drug-likeness (QED) is 0.541. The summed E-state index contributed by atoms with van der Waals surface area (Å²) in [4.78, 5) is 17.4. The Morgan fingerprint density at radius 1 is 1.21 bits per heavy atom. The first-order valence-electron chi connectivity index (χ1n) is 3.96. The van der Waals surface area contributed by atoms with E-state index in [9.17, 15) is 9.67 Å². The molecule has 78 valence electrons. The summed E-state index contributed by atoms with van der Waals surface area (Å²) in [6, 6.07) is 7.24. The van der Waals surface area contributed by atoms with Crippen LogP contribution in [0.5, 0.6) is 0 Å². The average Bonchev–Trinajstić information content (AvgIpc) is 2.15. The molecule has 0 bridgehead atoms. The van der Waals surface area contributed by atoms with Crippen LogP contribution in [0.4, 0.5) is 0 Å². The molecular formula is C8H12NO4P. The van der Waals surface area contributed by atoms with Crippen molar-refractivity contribution in [1.82, 2.24) is 0 Å². The maximum absolute atomic E-state index is 10.7. The van der Waals surface area contributed by atoms with Gasteiger partial charge in [0.05, 0.1) is 6.04 Å². The molecule has 0 fully saturated rings. The number of nitrogens with two attached hydrogens (primary N) is 1. The molecule has 0 saturated heterocycles. The molecule has 2 atom stereocenters. The predicted molar refractivity (Wildman–Crippen MR) is 51.4 cm³/mol. The topological polar surface area (TPSA) is 104 Å². The van der Waals surface area contributed by atoms with Gasteiger partial charge in [-0.15, -0.1) is 0 Å². The van der Waals surface area contributed by atoms with Crippen LogP contribution in [-0.4, -0.2) is 20.7 Å². The van der Waals surface area contributed by atoms with Gasteiger partial charge in [-0.2, -0.15) is 0 Å². The molecule has 0 spiro atoms. The second-order valence-corrected chi connectivity index (χ2v) is 4.65. The van der Waals surface area contributed by atoms with Crippen LogP contribution < -0.4 is 5.73 Å². The monoisotopic (exact) mass is 217 g/mol. The number of aliphatic hydroxyl groups is 1. The first-order chi connectivity index (χ1) is 6.43. The van der Waals surface area contributed by atoms with Crippen LogP contribution in [0, 0.1) is 0 Å². The summed E-state index contributed by atoms with van der Waals surface area (Å²) in [5.41, 5.74) is 5.97. The Hall–Kier alpha value is -0.710. The first kappa shape index (κ1) is 11.4. The fourth-order valence-corrected chi connectivity index (χ4v) is 1.65. The van der Waals surface area contributed by atoms with Crippen molar-refractivity contribution in [2.75, 3.05) is 0 Å².